The van der Waals surface area contributed by atoms with Crippen LogP contribution in [0.3, 0.4) is 0 Å². The summed E-state index contributed by atoms with van der Waals surface area (Å²) in [6.07, 6.45) is 0.627. The quantitative estimate of drug-likeness (QED) is 0.443. The molecule has 0 unspecified atom stereocenters. The number of nitrogens with one attached hydrogen (secondary N) is 2. The van der Waals surface area contributed by atoms with Crippen LogP contribution in [0.5, 0.6) is 0 Å². The molecule has 0 spiro atoms. The Hall–Kier alpha value is -2.70. The largest absolute Gasteiger partial charge is 0.418 e. The Morgan fingerprint density at radius 3 is 2.56 bits per heavy atom. The van der Waals surface area contributed by atoms with Gasteiger partial charge in [0.15, 0.2) is 0 Å². The van der Waals surface area contributed by atoms with Crippen molar-refractivity contribution in [2.75, 3.05) is 6.54 Å². The molecule has 0 aliphatic carbocycles. The first kappa shape index (κ1) is 19.1. The Balaban J connectivity index is 1.55. The first-order valence-electron chi connectivity index (χ1n) is 8.14. The molecule has 2 bridgehead atoms. The molecule has 2 aliphatic heterocycles. The number of hydrazine groups is 1. The van der Waals surface area contributed by atoms with E-state index in [2.05, 4.69) is 15.1 Å². The van der Waals surface area contributed by atoms with E-state index in [-0.39, 0.29) is 19.4 Å². The fourth-order valence-corrected chi connectivity index (χ4v) is 3.53. The van der Waals surface area contributed by atoms with Gasteiger partial charge in [0.05, 0.1) is 12.5 Å². The van der Waals surface area contributed by atoms with Crippen LogP contribution >= 0.6 is 0 Å². The van der Waals surface area contributed by atoms with Crippen molar-refractivity contribution in [3.05, 3.63) is 35.9 Å². The first-order chi connectivity index (χ1) is 12.7. The van der Waals surface area contributed by atoms with Crippen molar-refractivity contribution in [1.82, 2.24) is 20.8 Å². The van der Waals surface area contributed by atoms with Gasteiger partial charge in [-0.05, 0) is 18.4 Å². The van der Waals surface area contributed by atoms with Gasteiger partial charge in [0.25, 0.3) is 5.91 Å². The smallest absolute Gasteiger partial charge is 0.309 e. The summed E-state index contributed by atoms with van der Waals surface area (Å²) in [6, 6.07) is 6.63. The van der Waals surface area contributed by atoms with Crippen LogP contribution in [0.2, 0.25) is 0 Å². The zero-order valence-electron chi connectivity index (χ0n) is 14.1. The summed E-state index contributed by atoms with van der Waals surface area (Å²) in [4.78, 5) is 37.6. The average molecular weight is 398 g/mol. The molecule has 0 aromatic heterocycles. The Labute approximate surface area is 155 Å². The van der Waals surface area contributed by atoms with Crippen LogP contribution < -0.4 is 10.9 Å². The molecule has 0 radical (unpaired) electrons. The van der Waals surface area contributed by atoms with Crippen LogP contribution in [-0.4, -0.2) is 59.4 Å². The molecule has 2 saturated heterocycles. The van der Waals surface area contributed by atoms with Crippen molar-refractivity contribution in [2.24, 2.45) is 0 Å². The maximum atomic E-state index is 12.3. The standard InChI is InChI=1S/C15H18N4O7S/c20-13(8-10-4-2-1-3-5-10)16-17-14(21)12-7-6-11-9-18(12)15(22)19(11)26-27(23,24)25/h1-5,11-12H,6-9H2,(H,16,20)(H,17,21)(H,23,24,25)/t11-,12+/m1/s1. The number of hydrogen-bond donors (Lipinski definition) is 3. The summed E-state index contributed by atoms with van der Waals surface area (Å²) in [5.41, 5.74) is 5.35. The minimum absolute atomic E-state index is 0.0738. The van der Waals surface area contributed by atoms with Crippen molar-refractivity contribution in [2.45, 2.75) is 31.3 Å². The Morgan fingerprint density at radius 1 is 1.19 bits per heavy atom. The highest BCUT2D eigenvalue weighted by Gasteiger charge is 2.49. The molecule has 2 atom stereocenters. The van der Waals surface area contributed by atoms with Gasteiger partial charge >= 0.3 is 16.4 Å². The molecule has 1 aromatic carbocycles. The van der Waals surface area contributed by atoms with Gasteiger partial charge in [0, 0.05) is 6.54 Å². The van der Waals surface area contributed by atoms with E-state index in [1.54, 1.807) is 24.3 Å². The number of rotatable bonds is 5. The van der Waals surface area contributed by atoms with Gasteiger partial charge in [-0.25, -0.2) is 4.79 Å². The molecule has 2 fully saturated rings. The molecular weight excluding hydrogens is 380 g/mol. The van der Waals surface area contributed by atoms with Crippen LogP contribution in [0, 0.1) is 0 Å². The number of hydroxylamine groups is 2. The molecule has 3 N–H and O–H groups in total. The number of hydrogen-bond acceptors (Lipinski definition) is 6. The van der Waals surface area contributed by atoms with Gasteiger partial charge in [-0.2, -0.15) is 13.5 Å². The molecule has 2 heterocycles. The van der Waals surface area contributed by atoms with Crippen molar-refractivity contribution in [3.8, 4) is 0 Å². The number of amides is 4. The molecular formula is C15H18N4O7S. The maximum absolute atomic E-state index is 12.3. The number of benzene rings is 1. The Bertz CT molecular complexity index is 845. The van der Waals surface area contributed by atoms with Gasteiger partial charge in [0.1, 0.15) is 6.04 Å². The minimum atomic E-state index is -4.85. The topological polar surface area (TPSA) is 145 Å². The third-order valence-electron chi connectivity index (χ3n) is 4.33. The summed E-state index contributed by atoms with van der Waals surface area (Å²) in [5.74, 6) is -1.02. The normalized spacial score (nSPS) is 21.9. The lowest BCUT2D eigenvalue weighted by Crippen LogP contribution is -2.54. The highest BCUT2D eigenvalue weighted by atomic mass is 32.3. The Morgan fingerprint density at radius 2 is 1.89 bits per heavy atom. The van der Waals surface area contributed by atoms with Gasteiger partial charge in [-0.3, -0.25) is 25.0 Å². The second-order valence-electron chi connectivity index (χ2n) is 6.21. The lowest BCUT2D eigenvalue weighted by atomic mass is 10.0. The number of fused-ring (bicyclic) bond motifs is 2. The summed E-state index contributed by atoms with van der Waals surface area (Å²) in [7, 11) is -4.85. The SMILES string of the molecule is O=C(Cc1ccccc1)NNC(=O)[C@@H]1CC[C@@H]2CN1C(=O)N2OS(=O)(=O)O. The average Bonchev–Trinajstić information content (AvgIpc) is 2.84. The van der Waals surface area contributed by atoms with Gasteiger partial charge < -0.3 is 4.90 Å². The second kappa shape index (κ2) is 7.50. The van der Waals surface area contributed by atoms with E-state index in [4.69, 9.17) is 4.55 Å². The van der Waals surface area contributed by atoms with Crippen molar-refractivity contribution >= 4 is 28.2 Å². The first-order valence-corrected chi connectivity index (χ1v) is 9.50. The Kier molecular flexibility index (Phi) is 5.30. The monoisotopic (exact) mass is 398 g/mol. The highest BCUT2D eigenvalue weighted by molar-refractivity contribution is 7.80. The van der Waals surface area contributed by atoms with E-state index in [1.807, 2.05) is 6.07 Å². The van der Waals surface area contributed by atoms with Gasteiger partial charge in [0.2, 0.25) is 5.91 Å². The third-order valence-corrected chi connectivity index (χ3v) is 4.68. The van der Waals surface area contributed by atoms with E-state index >= 15 is 0 Å². The lowest BCUT2D eigenvalue weighted by Gasteiger charge is -2.29. The molecule has 11 nitrogen and oxygen atoms in total. The third kappa shape index (κ3) is 4.53. The van der Waals surface area contributed by atoms with E-state index < -0.39 is 40.3 Å². The number of carbonyl (C=O) groups is 3. The lowest BCUT2D eigenvalue weighted by molar-refractivity contribution is -0.131. The molecule has 2 aliphatic rings. The summed E-state index contributed by atoms with van der Waals surface area (Å²) < 4.78 is 34.8. The van der Waals surface area contributed by atoms with Crippen molar-refractivity contribution in [3.63, 3.8) is 0 Å². The number of nitrogens with zero attached hydrogens (tertiary/aromatic N) is 2. The molecule has 0 saturated carbocycles. The summed E-state index contributed by atoms with van der Waals surface area (Å²) >= 11 is 0. The zero-order chi connectivity index (χ0) is 19.6. The van der Waals surface area contributed by atoms with Crippen molar-refractivity contribution < 1.29 is 31.6 Å². The summed E-state index contributed by atoms with van der Waals surface area (Å²) in [5, 5.41) is 0.552. The van der Waals surface area contributed by atoms with Crippen LogP contribution in [-0.2, 0) is 30.7 Å². The summed E-state index contributed by atoms with van der Waals surface area (Å²) in [6.45, 7) is 0.0738. The van der Waals surface area contributed by atoms with Gasteiger partial charge in [-0.1, -0.05) is 30.3 Å². The van der Waals surface area contributed by atoms with Crippen molar-refractivity contribution in [1.29, 1.82) is 0 Å². The number of urea groups is 1. The van der Waals surface area contributed by atoms with E-state index in [0.29, 0.717) is 11.5 Å². The predicted molar refractivity (Wildman–Crippen MR) is 89.8 cm³/mol. The van der Waals surface area contributed by atoms with Crippen LogP contribution in [0.4, 0.5) is 4.79 Å². The maximum Gasteiger partial charge on any atom is 0.418 e. The van der Waals surface area contributed by atoms with Crippen LogP contribution in [0.1, 0.15) is 18.4 Å². The number of piperidine rings is 1. The highest BCUT2D eigenvalue weighted by Crippen LogP contribution is 2.30. The number of carbonyl (C=O) groups excluding carboxylic acids is 3. The molecule has 1 aromatic rings. The zero-order valence-corrected chi connectivity index (χ0v) is 14.9. The van der Waals surface area contributed by atoms with E-state index in [9.17, 15) is 22.8 Å². The molecule has 27 heavy (non-hydrogen) atoms. The van der Waals surface area contributed by atoms with E-state index in [0.717, 1.165) is 10.5 Å². The molecule has 3 rings (SSSR count). The predicted octanol–water partition coefficient (Wildman–Crippen LogP) is -0.620. The van der Waals surface area contributed by atoms with Gasteiger partial charge in [-0.15, -0.1) is 4.28 Å². The molecule has 146 valence electrons. The minimum Gasteiger partial charge on any atom is -0.309 e. The fraction of sp³-hybridized carbons (Fsp3) is 0.400. The van der Waals surface area contributed by atoms with Crippen LogP contribution in [0.15, 0.2) is 30.3 Å². The van der Waals surface area contributed by atoms with E-state index in [1.165, 1.54) is 0 Å². The molecule has 4 amide bonds. The molecule has 12 heteroatoms. The second-order valence-corrected chi connectivity index (χ2v) is 7.21. The fourth-order valence-electron chi connectivity index (χ4n) is 3.14. The van der Waals surface area contributed by atoms with Crippen LogP contribution in [0.25, 0.3) is 0 Å².